The number of hydrogen-bond acceptors (Lipinski definition) is 3. The lowest BCUT2D eigenvalue weighted by atomic mass is 10.1. The summed E-state index contributed by atoms with van der Waals surface area (Å²) in [5.41, 5.74) is 2.36. The molecule has 1 fully saturated rings. The third kappa shape index (κ3) is 3.54. The van der Waals surface area contributed by atoms with E-state index in [0.717, 1.165) is 31.6 Å². The van der Waals surface area contributed by atoms with Crippen molar-refractivity contribution in [2.45, 2.75) is 38.8 Å². The van der Waals surface area contributed by atoms with Crippen LogP contribution >= 0.6 is 0 Å². The third-order valence-electron chi connectivity index (χ3n) is 3.95. The number of benzene rings is 1. The van der Waals surface area contributed by atoms with Gasteiger partial charge in [-0.1, -0.05) is 18.2 Å². The Kier molecular flexibility index (Phi) is 4.53. The molecule has 1 amide bonds. The van der Waals surface area contributed by atoms with Crippen LogP contribution in [-0.4, -0.2) is 28.4 Å². The van der Waals surface area contributed by atoms with Gasteiger partial charge in [-0.25, -0.2) is 0 Å². The molecule has 0 aliphatic carbocycles. The van der Waals surface area contributed by atoms with E-state index < -0.39 is 0 Å². The highest BCUT2D eigenvalue weighted by Crippen LogP contribution is 2.16. The van der Waals surface area contributed by atoms with Gasteiger partial charge >= 0.3 is 0 Å². The minimum atomic E-state index is -0.105. The zero-order valence-electron chi connectivity index (χ0n) is 12.8. The van der Waals surface area contributed by atoms with Crippen molar-refractivity contribution < 1.29 is 9.53 Å². The molecule has 3 rings (SSSR count). The molecule has 0 unspecified atom stereocenters. The van der Waals surface area contributed by atoms with Crippen LogP contribution in [0.4, 0.5) is 5.69 Å². The molecule has 1 N–H and O–H groups in total. The van der Waals surface area contributed by atoms with Crippen molar-refractivity contribution in [1.82, 2.24) is 9.78 Å². The van der Waals surface area contributed by atoms with Crippen molar-refractivity contribution in [2.24, 2.45) is 0 Å². The van der Waals surface area contributed by atoms with Crippen molar-refractivity contribution in [3.05, 3.63) is 47.8 Å². The molecule has 2 aromatic rings. The molecule has 0 bridgehead atoms. The number of ether oxygens (including phenoxy) is 1. The quantitative estimate of drug-likeness (QED) is 0.944. The Morgan fingerprint density at radius 3 is 3.05 bits per heavy atom. The predicted molar refractivity (Wildman–Crippen MR) is 85.0 cm³/mol. The first-order valence-electron chi connectivity index (χ1n) is 7.73. The van der Waals surface area contributed by atoms with Gasteiger partial charge in [0, 0.05) is 18.4 Å². The molecule has 0 radical (unpaired) electrons. The summed E-state index contributed by atoms with van der Waals surface area (Å²) < 4.78 is 7.55. The van der Waals surface area contributed by atoms with Gasteiger partial charge in [0.1, 0.15) is 0 Å². The van der Waals surface area contributed by atoms with Crippen LogP contribution in [0.1, 0.15) is 35.2 Å². The van der Waals surface area contributed by atoms with E-state index in [4.69, 9.17) is 4.74 Å². The van der Waals surface area contributed by atoms with E-state index in [1.54, 1.807) is 6.20 Å². The zero-order valence-corrected chi connectivity index (χ0v) is 12.8. The number of nitrogens with zero attached hydrogens (tertiary/aromatic N) is 2. The van der Waals surface area contributed by atoms with E-state index >= 15 is 0 Å². The molecule has 116 valence electrons. The largest absolute Gasteiger partial charge is 0.376 e. The second-order valence-corrected chi connectivity index (χ2v) is 5.71. The summed E-state index contributed by atoms with van der Waals surface area (Å²) in [6.45, 7) is 3.50. The second kappa shape index (κ2) is 6.75. The standard InChI is InChI=1S/C17H21N3O2/c1-13-6-2-3-8-16(13)17(21)19-14-10-18-20(11-14)12-15-7-4-5-9-22-15/h2-3,6,8,10-11,15H,4-5,7,9,12H2,1H3,(H,19,21)/t15-/m1/s1. The Morgan fingerprint density at radius 1 is 1.41 bits per heavy atom. The lowest BCUT2D eigenvalue weighted by Gasteiger charge is -2.22. The molecule has 0 spiro atoms. The van der Waals surface area contributed by atoms with Gasteiger partial charge in [-0.05, 0) is 37.8 Å². The van der Waals surface area contributed by atoms with Crippen LogP contribution in [0.2, 0.25) is 0 Å². The van der Waals surface area contributed by atoms with E-state index in [2.05, 4.69) is 10.4 Å². The van der Waals surface area contributed by atoms with Crippen LogP contribution < -0.4 is 5.32 Å². The fourth-order valence-corrected chi connectivity index (χ4v) is 2.71. The highest BCUT2D eigenvalue weighted by atomic mass is 16.5. The van der Waals surface area contributed by atoms with Gasteiger partial charge in [0.15, 0.2) is 0 Å². The highest BCUT2D eigenvalue weighted by molar-refractivity contribution is 6.05. The number of hydrogen-bond donors (Lipinski definition) is 1. The Morgan fingerprint density at radius 2 is 2.27 bits per heavy atom. The average Bonchev–Trinajstić information content (AvgIpc) is 2.95. The number of aryl methyl sites for hydroxylation is 1. The van der Waals surface area contributed by atoms with Crippen molar-refractivity contribution in [3.63, 3.8) is 0 Å². The van der Waals surface area contributed by atoms with Crippen molar-refractivity contribution in [3.8, 4) is 0 Å². The second-order valence-electron chi connectivity index (χ2n) is 5.71. The van der Waals surface area contributed by atoms with Crippen LogP contribution in [0.25, 0.3) is 0 Å². The summed E-state index contributed by atoms with van der Waals surface area (Å²) in [6, 6.07) is 7.55. The number of nitrogens with one attached hydrogen (secondary N) is 1. The van der Waals surface area contributed by atoms with Gasteiger partial charge in [0.05, 0.1) is 24.5 Å². The van der Waals surface area contributed by atoms with Crippen LogP contribution in [0.15, 0.2) is 36.7 Å². The minimum Gasteiger partial charge on any atom is -0.376 e. The first-order chi connectivity index (χ1) is 10.7. The molecule has 5 heteroatoms. The molecular formula is C17H21N3O2. The predicted octanol–water partition coefficient (Wildman–Crippen LogP) is 3.01. The van der Waals surface area contributed by atoms with Crippen LogP contribution in [0.3, 0.4) is 0 Å². The number of carbonyl (C=O) groups excluding carboxylic acids is 1. The van der Waals surface area contributed by atoms with E-state index in [1.807, 2.05) is 42.1 Å². The van der Waals surface area contributed by atoms with E-state index in [0.29, 0.717) is 11.3 Å². The summed E-state index contributed by atoms with van der Waals surface area (Å²) in [5, 5.41) is 7.19. The van der Waals surface area contributed by atoms with Crippen LogP contribution in [0, 0.1) is 6.92 Å². The average molecular weight is 299 g/mol. The minimum absolute atomic E-state index is 0.105. The Labute approximate surface area is 130 Å². The molecule has 1 saturated heterocycles. The normalized spacial score (nSPS) is 18.1. The molecule has 1 aliphatic rings. The lowest BCUT2D eigenvalue weighted by molar-refractivity contribution is 0.00401. The molecule has 2 heterocycles. The monoisotopic (exact) mass is 299 g/mol. The molecule has 0 saturated carbocycles. The maximum absolute atomic E-state index is 12.3. The molecule has 1 aromatic carbocycles. The van der Waals surface area contributed by atoms with Crippen LogP contribution in [0.5, 0.6) is 0 Å². The van der Waals surface area contributed by atoms with E-state index in [-0.39, 0.29) is 12.0 Å². The van der Waals surface area contributed by atoms with Crippen LogP contribution in [-0.2, 0) is 11.3 Å². The fraction of sp³-hybridized carbons (Fsp3) is 0.412. The topological polar surface area (TPSA) is 56.2 Å². The van der Waals surface area contributed by atoms with Gasteiger partial charge < -0.3 is 10.1 Å². The smallest absolute Gasteiger partial charge is 0.256 e. The van der Waals surface area contributed by atoms with Gasteiger partial charge in [0.2, 0.25) is 0 Å². The van der Waals surface area contributed by atoms with Crippen molar-refractivity contribution in [1.29, 1.82) is 0 Å². The third-order valence-corrected chi connectivity index (χ3v) is 3.95. The number of aromatic nitrogens is 2. The summed E-state index contributed by atoms with van der Waals surface area (Å²) in [7, 11) is 0. The summed E-state index contributed by atoms with van der Waals surface area (Å²) in [4.78, 5) is 12.3. The first kappa shape index (κ1) is 14.8. The number of carbonyl (C=O) groups is 1. The Balaban J connectivity index is 1.61. The summed E-state index contributed by atoms with van der Waals surface area (Å²) in [5.74, 6) is -0.105. The van der Waals surface area contributed by atoms with E-state index in [1.165, 1.54) is 6.42 Å². The molecule has 5 nitrogen and oxygen atoms in total. The highest BCUT2D eigenvalue weighted by Gasteiger charge is 2.15. The SMILES string of the molecule is Cc1ccccc1C(=O)Nc1cnn(C[C@H]2CCCCO2)c1. The molecule has 1 atom stereocenters. The molecular weight excluding hydrogens is 278 g/mol. The Hall–Kier alpha value is -2.14. The fourth-order valence-electron chi connectivity index (χ4n) is 2.71. The van der Waals surface area contributed by atoms with Gasteiger partial charge in [0.25, 0.3) is 5.91 Å². The van der Waals surface area contributed by atoms with Crippen molar-refractivity contribution in [2.75, 3.05) is 11.9 Å². The van der Waals surface area contributed by atoms with Gasteiger partial charge in [-0.2, -0.15) is 5.10 Å². The number of anilines is 1. The Bertz CT molecular complexity index is 645. The zero-order chi connectivity index (χ0) is 15.4. The molecule has 1 aromatic heterocycles. The lowest BCUT2D eigenvalue weighted by Crippen LogP contribution is -2.24. The van der Waals surface area contributed by atoms with Gasteiger partial charge in [-0.15, -0.1) is 0 Å². The molecule has 22 heavy (non-hydrogen) atoms. The maximum Gasteiger partial charge on any atom is 0.256 e. The maximum atomic E-state index is 12.3. The summed E-state index contributed by atoms with van der Waals surface area (Å²) >= 11 is 0. The van der Waals surface area contributed by atoms with Crippen molar-refractivity contribution >= 4 is 11.6 Å². The first-order valence-corrected chi connectivity index (χ1v) is 7.73. The number of amides is 1. The summed E-state index contributed by atoms with van der Waals surface area (Å²) in [6.07, 6.45) is 7.20. The number of rotatable bonds is 4. The van der Waals surface area contributed by atoms with E-state index in [9.17, 15) is 4.79 Å². The molecule has 1 aliphatic heterocycles. The van der Waals surface area contributed by atoms with Gasteiger partial charge in [-0.3, -0.25) is 9.48 Å².